The van der Waals surface area contributed by atoms with Crippen molar-refractivity contribution in [1.29, 1.82) is 0 Å². The molecule has 0 radical (unpaired) electrons. The van der Waals surface area contributed by atoms with Crippen LogP contribution in [0.25, 0.3) is 0 Å². The molecule has 1 aromatic rings. The normalized spacial score (nSPS) is 11.3. The van der Waals surface area contributed by atoms with E-state index in [0.29, 0.717) is 0 Å². The average molecular weight is 260 g/mol. The van der Waals surface area contributed by atoms with Crippen LogP contribution in [0.5, 0.6) is 0 Å². The second kappa shape index (κ2) is 4.79. The zero-order valence-electron chi connectivity index (χ0n) is 9.86. The van der Waals surface area contributed by atoms with E-state index in [2.05, 4.69) is 0 Å². The van der Waals surface area contributed by atoms with E-state index in [1.54, 1.807) is 6.92 Å². The summed E-state index contributed by atoms with van der Waals surface area (Å²) in [6.07, 6.45) is 0. The van der Waals surface area contributed by atoms with Gasteiger partial charge in [-0.1, -0.05) is 0 Å². The summed E-state index contributed by atoms with van der Waals surface area (Å²) in [4.78, 5) is 24.4. The Hall–Kier alpha value is -1.49. The fraction of sp³-hybridized carbons (Fsp3) is 0.455. The molecule has 0 fully saturated rings. The lowest BCUT2D eigenvalue weighted by Gasteiger charge is -2.33. The van der Waals surface area contributed by atoms with Crippen LogP contribution in [0.1, 0.15) is 31.3 Å². The summed E-state index contributed by atoms with van der Waals surface area (Å²) >= 11 is 5.58. The summed E-state index contributed by atoms with van der Waals surface area (Å²) in [6, 6.07) is 2.86. The number of carboxylic acids is 1. The molecule has 6 heteroatoms. The monoisotopic (exact) mass is 259 g/mol. The Morgan fingerprint density at radius 2 is 2.06 bits per heavy atom. The van der Waals surface area contributed by atoms with Crippen LogP contribution >= 0.6 is 11.6 Å². The molecule has 0 spiro atoms. The first-order chi connectivity index (χ1) is 7.80. The van der Waals surface area contributed by atoms with Gasteiger partial charge in [-0.25, -0.2) is 4.79 Å². The maximum absolute atomic E-state index is 12.1. The van der Waals surface area contributed by atoms with E-state index in [1.165, 1.54) is 30.9 Å². The van der Waals surface area contributed by atoms with Crippen molar-refractivity contribution < 1.29 is 19.1 Å². The molecule has 1 rings (SSSR count). The van der Waals surface area contributed by atoms with Crippen LogP contribution in [0.4, 0.5) is 0 Å². The average Bonchev–Trinajstić information content (AvgIpc) is 2.65. The fourth-order valence-electron chi connectivity index (χ4n) is 1.47. The first-order valence-electron chi connectivity index (χ1n) is 5.11. The number of likely N-dealkylation sites (N-methyl/N-ethyl adjacent to an activating group) is 1. The van der Waals surface area contributed by atoms with Crippen molar-refractivity contribution in [2.24, 2.45) is 0 Å². The van der Waals surface area contributed by atoms with Gasteiger partial charge in [0.05, 0.1) is 0 Å². The number of nitrogens with zero attached hydrogens (tertiary/aromatic N) is 1. The molecular formula is C11H14ClNO4. The van der Waals surface area contributed by atoms with Gasteiger partial charge in [0, 0.05) is 6.54 Å². The van der Waals surface area contributed by atoms with Gasteiger partial charge >= 0.3 is 5.97 Å². The summed E-state index contributed by atoms with van der Waals surface area (Å²) in [7, 11) is 0. The van der Waals surface area contributed by atoms with Crippen LogP contribution in [0, 0.1) is 0 Å². The molecule has 0 saturated carbocycles. The number of aliphatic carboxylic acids is 1. The summed E-state index contributed by atoms with van der Waals surface area (Å²) in [5, 5.41) is 9.19. The third kappa shape index (κ3) is 2.61. The highest BCUT2D eigenvalue weighted by Gasteiger charge is 2.38. The highest BCUT2D eigenvalue weighted by Crippen LogP contribution is 2.21. The van der Waals surface area contributed by atoms with E-state index in [0.717, 1.165) is 0 Å². The highest BCUT2D eigenvalue weighted by molar-refractivity contribution is 6.29. The van der Waals surface area contributed by atoms with Crippen molar-refractivity contribution in [3.8, 4) is 0 Å². The Morgan fingerprint density at radius 1 is 1.47 bits per heavy atom. The Morgan fingerprint density at radius 3 is 2.41 bits per heavy atom. The fourth-order valence-corrected chi connectivity index (χ4v) is 1.62. The first kappa shape index (κ1) is 13.6. The van der Waals surface area contributed by atoms with Crippen molar-refractivity contribution in [3.05, 3.63) is 23.1 Å². The van der Waals surface area contributed by atoms with Gasteiger partial charge in [-0.3, -0.25) is 4.79 Å². The molecule has 1 amide bonds. The number of carbonyl (C=O) groups is 2. The third-order valence-electron chi connectivity index (χ3n) is 2.54. The Kier molecular flexibility index (Phi) is 3.83. The number of rotatable bonds is 4. The van der Waals surface area contributed by atoms with Crippen molar-refractivity contribution in [2.45, 2.75) is 26.3 Å². The van der Waals surface area contributed by atoms with Gasteiger partial charge in [-0.15, -0.1) is 0 Å². The predicted octanol–water partition coefficient (Wildman–Crippen LogP) is 2.26. The number of furan rings is 1. The molecule has 17 heavy (non-hydrogen) atoms. The van der Waals surface area contributed by atoms with E-state index in [1.807, 2.05) is 0 Å². The van der Waals surface area contributed by atoms with Crippen LogP contribution in [0.15, 0.2) is 16.5 Å². The third-order valence-corrected chi connectivity index (χ3v) is 2.75. The molecule has 0 aliphatic carbocycles. The molecule has 0 aliphatic heterocycles. The smallest absolute Gasteiger partial charge is 0.329 e. The van der Waals surface area contributed by atoms with Crippen LogP contribution in [-0.2, 0) is 4.79 Å². The van der Waals surface area contributed by atoms with E-state index >= 15 is 0 Å². The molecule has 1 N–H and O–H groups in total. The van der Waals surface area contributed by atoms with Gasteiger partial charge < -0.3 is 14.4 Å². The standard InChI is InChI=1S/C11H14ClNO4/c1-4-13(11(2,3)10(15)16)9(14)7-5-6-8(12)17-7/h5-6H,4H2,1-3H3,(H,15,16). The summed E-state index contributed by atoms with van der Waals surface area (Å²) in [5.41, 5.74) is -1.30. The summed E-state index contributed by atoms with van der Waals surface area (Å²) < 4.78 is 4.98. The molecule has 0 unspecified atom stereocenters. The first-order valence-corrected chi connectivity index (χ1v) is 5.49. The lowest BCUT2D eigenvalue weighted by Crippen LogP contribution is -2.52. The zero-order valence-corrected chi connectivity index (χ0v) is 10.6. The van der Waals surface area contributed by atoms with Crippen LogP contribution < -0.4 is 0 Å². The Balaban J connectivity index is 3.04. The maximum atomic E-state index is 12.1. The highest BCUT2D eigenvalue weighted by atomic mass is 35.5. The number of hydrogen-bond acceptors (Lipinski definition) is 3. The van der Waals surface area contributed by atoms with Gasteiger partial charge in [-0.05, 0) is 44.5 Å². The molecule has 1 aromatic heterocycles. The van der Waals surface area contributed by atoms with E-state index in [-0.39, 0.29) is 17.5 Å². The molecule has 5 nitrogen and oxygen atoms in total. The van der Waals surface area contributed by atoms with Crippen molar-refractivity contribution in [2.75, 3.05) is 6.54 Å². The topological polar surface area (TPSA) is 70.8 Å². The molecule has 1 heterocycles. The largest absolute Gasteiger partial charge is 0.480 e. The van der Waals surface area contributed by atoms with E-state index in [4.69, 9.17) is 21.1 Å². The Bertz CT molecular complexity index is 438. The van der Waals surface area contributed by atoms with E-state index < -0.39 is 17.4 Å². The van der Waals surface area contributed by atoms with Gasteiger partial charge in [0.1, 0.15) is 5.54 Å². The second-order valence-corrected chi connectivity index (χ2v) is 4.39. The SMILES string of the molecule is CCN(C(=O)c1ccc(Cl)o1)C(C)(C)C(=O)O. The lowest BCUT2D eigenvalue weighted by molar-refractivity contribution is -0.147. The van der Waals surface area contributed by atoms with Gasteiger partial charge in [-0.2, -0.15) is 0 Å². The molecule has 0 aliphatic rings. The van der Waals surface area contributed by atoms with Gasteiger partial charge in [0.15, 0.2) is 11.0 Å². The van der Waals surface area contributed by atoms with Crippen molar-refractivity contribution in [1.82, 2.24) is 4.90 Å². The van der Waals surface area contributed by atoms with Crippen LogP contribution in [0.3, 0.4) is 0 Å². The molecule has 0 saturated heterocycles. The summed E-state index contributed by atoms with van der Waals surface area (Å²) in [5.74, 6) is -1.54. The van der Waals surface area contributed by atoms with Crippen molar-refractivity contribution >= 4 is 23.5 Å². The number of hydrogen-bond donors (Lipinski definition) is 1. The minimum absolute atomic E-state index is 0.0335. The maximum Gasteiger partial charge on any atom is 0.329 e. The second-order valence-electron chi connectivity index (χ2n) is 4.02. The minimum atomic E-state index is -1.30. The molecule has 0 bridgehead atoms. The lowest BCUT2D eigenvalue weighted by atomic mass is 10.0. The van der Waals surface area contributed by atoms with Crippen LogP contribution in [0.2, 0.25) is 5.22 Å². The quantitative estimate of drug-likeness (QED) is 0.900. The Labute approximate surface area is 104 Å². The molecule has 0 aromatic carbocycles. The zero-order chi connectivity index (χ0) is 13.2. The number of carbonyl (C=O) groups excluding carboxylic acids is 1. The van der Waals surface area contributed by atoms with Crippen molar-refractivity contribution in [3.63, 3.8) is 0 Å². The number of halogens is 1. The summed E-state index contributed by atoms with van der Waals surface area (Å²) in [6.45, 7) is 4.88. The van der Waals surface area contributed by atoms with Crippen LogP contribution in [-0.4, -0.2) is 34.0 Å². The minimum Gasteiger partial charge on any atom is -0.480 e. The molecule has 94 valence electrons. The predicted molar refractivity (Wildman–Crippen MR) is 62.1 cm³/mol. The van der Waals surface area contributed by atoms with E-state index in [9.17, 15) is 9.59 Å². The molecular weight excluding hydrogens is 246 g/mol. The molecule has 0 atom stereocenters. The number of amides is 1. The van der Waals surface area contributed by atoms with Gasteiger partial charge in [0.2, 0.25) is 0 Å². The van der Waals surface area contributed by atoms with Gasteiger partial charge in [0.25, 0.3) is 5.91 Å². The number of carboxylic acid groups (broad SMARTS) is 1.